The fourth-order valence-electron chi connectivity index (χ4n) is 4.35. The minimum atomic E-state index is -0.505. The van der Waals surface area contributed by atoms with Gasteiger partial charge >= 0.3 is 0 Å². The van der Waals surface area contributed by atoms with Crippen molar-refractivity contribution >= 4 is 28.4 Å². The third-order valence-electron chi connectivity index (χ3n) is 6.32. The first-order valence-electron chi connectivity index (χ1n) is 12.6. The number of benzene rings is 2. The zero-order chi connectivity index (χ0) is 25.8. The molecule has 0 fully saturated rings. The standard InChI is InChI=1S/C29H38ClN3O3/c1-3-4-8-26(34)21-32(16-7-18-36-2)22-29(35)33(20-23-11-13-25(30)14-12-23)17-15-24-19-31-28-10-6-5-9-27(24)28/h3,5-6,9-14,19,26,31,34H,1,4,7-8,15-18,20-22H2,2H3. The van der Waals surface area contributed by atoms with Crippen molar-refractivity contribution in [3.63, 3.8) is 0 Å². The highest BCUT2D eigenvalue weighted by atomic mass is 35.5. The number of methoxy groups -OCH3 is 1. The molecule has 3 rings (SSSR count). The molecule has 2 aromatic carbocycles. The van der Waals surface area contributed by atoms with E-state index in [-0.39, 0.29) is 12.5 Å². The summed E-state index contributed by atoms with van der Waals surface area (Å²) in [5, 5.41) is 12.3. The van der Waals surface area contributed by atoms with Crippen molar-refractivity contribution in [1.29, 1.82) is 0 Å². The summed E-state index contributed by atoms with van der Waals surface area (Å²) >= 11 is 6.08. The first-order chi connectivity index (χ1) is 17.5. The Morgan fingerprint density at radius 3 is 2.72 bits per heavy atom. The van der Waals surface area contributed by atoms with Crippen LogP contribution in [0.3, 0.4) is 0 Å². The summed E-state index contributed by atoms with van der Waals surface area (Å²) in [4.78, 5) is 20.9. The second-order valence-electron chi connectivity index (χ2n) is 9.15. The number of nitrogens with zero attached hydrogens (tertiary/aromatic N) is 2. The number of carbonyl (C=O) groups excluding carboxylic acids is 1. The van der Waals surface area contributed by atoms with Crippen molar-refractivity contribution in [2.24, 2.45) is 0 Å². The number of amides is 1. The summed E-state index contributed by atoms with van der Waals surface area (Å²) in [6, 6.07) is 15.8. The van der Waals surface area contributed by atoms with Gasteiger partial charge in [0, 0.05) is 62.0 Å². The van der Waals surface area contributed by atoms with Gasteiger partial charge in [0.05, 0.1) is 12.6 Å². The van der Waals surface area contributed by atoms with Crippen molar-refractivity contribution in [1.82, 2.24) is 14.8 Å². The maximum absolute atomic E-state index is 13.6. The zero-order valence-corrected chi connectivity index (χ0v) is 21.9. The molecule has 0 saturated heterocycles. The van der Waals surface area contributed by atoms with Gasteiger partial charge in [-0.15, -0.1) is 6.58 Å². The minimum absolute atomic E-state index is 0.0399. The molecule has 1 aromatic heterocycles. The highest BCUT2D eigenvalue weighted by Gasteiger charge is 2.20. The van der Waals surface area contributed by atoms with Crippen molar-refractivity contribution in [2.75, 3.05) is 39.9 Å². The van der Waals surface area contributed by atoms with Crippen LogP contribution in [-0.2, 0) is 22.5 Å². The number of aliphatic hydroxyl groups excluding tert-OH is 1. The van der Waals surface area contributed by atoms with Crippen LogP contribution in [0, 0.1) is 0 Å². The predicted octanol–water partition coefficient (Wildman–Crippen LogP) is 5.06. The highest BCUT2D eigenvalue weighted by molar-refractivity contribution is 6.30. The Morgan fingerprint density at radius 2 is 1.97 bits per heavy atom. The third kappa shape index (κ3) is 8.79. The molecule has 0 radical (unpaired) electrons. The molecule has 0 spiro atoms. The van der Waals surface area contributed by atoms with Crippen LogP contribution in [0.5, 0.6) is 0 Å². The van der Waals surface area contributed by atoms with Crippen LogP contribution in [-0.4, -0.2) is 71.8 Å². The molecule has 1 heterocycles. The molecule has 1 unspecified atom stereocenters. The average molecular weight is 512 g/mol. The first kappa shape index (κ1) is 27.9. The number of H-pyrrole nitrogens is 1. The van der Waals surface area contributed by atoms with Crippen LogP contribution in [0.15, 0.2) is 67.4 Å². The van der Waals surface area contributed by atoms with Crippen molar-refractivity contribution in [3.05, 3.63) is 83.5 Å². The number of rotatable bonds is 16. The van der Waals surface area contributed by atoms with E-state index >= 15 is 0 Å². The summed E-state index contributed by atoms with van der Waals surface area (Å²) in [6.45, 7) is 6.82. The number of fused-ring (bicyclic) bond motifs is 1. The Kier molecular flexibility index (Phi) is 11.5. The Hall–Kier alpha value is -2.64. The Bertz CT molecular complexity index is 1080. The van der Waals surface area contributed by atoms with E-state index in [1.165, 1.54) is 10.9 Å². The number of carbonyl (C=O) groups is 1. The lowest BCUT2D eigenvalue weighted by atomic mass is 10.1. The van der Waals surface area contributed by atoms with E-state index in [1.54, 1.807) is 7.11 Å². The van der Waals surface area contributed by atoms with Gasteiger partial charge in [-0.25, -0.2) is 0 Å². The van der Waals surface area contributed by atoms with Gasteiger partial charge in [-0.3, -0.25) is 9.69 Å². The fourth-order valence-corrected chi connectivity index (χ4v) is 4.48. The maximum Gasteiger partial charge on any atom is 0.237 e. The van der Waals surface area contributed by atoms with E-state index in [9.17, 15) is 9.90 Å². The number of nitrogens with one attached hydrogen (secondary N) is 1. The van der Waals surface area contributed by atoms with Crippen LogP contribution in [0.25, 0.3) is 10.9 Å². The molecule has 2 N–H and O–H groups in total. The van der Waals surface area contributed by atoms with Crippen LogP contribution in [0.1, 0.15) is 30.4 Å². The van der Waals surface area contributed by atoms with E-state index in [1.807, 2.05) is 58.5 Å². The van der Waals surface area contributed by atoms with Crippen LogP contribution >= 0.6 is 11.6 Å². The van der Waals surface area contributed by atoms with Gasteiger partial charge < -0.3 is 19.7 Å². The van der Waals surface area contributed by atoms with Gasteiger partial charge in [0.15, 0.2) is 0 Å². The summed E-state index contributed by atoms with van der Waals surface area (Å²) in [7, 11) is 1.67. The van der Waals surface area contributed by atoms with Crippen molar-refractivity contribution in [3.8, 4) is 0 Å². The third-order valence-corrected chi connectivity index (χ3v) is 6.57. The van der Waals surface area contributed by atoms with E-state index in [0.29, 0.717) is 44.2 Å². The second-order valence-corrected chi connectivity index (χ2v) is 9.59. The molecule has 1 amide bonds. The number of allylic oxidation sites excluding steroid dienone is 1. The lowest BCUT2D eigenvalue weighted by molar-refractivity contribution is -0.133. The number of ether oxygens (including phenoxy) is 1. The first-order valence-corrected chi connectivity index (χ1v) is 13.0. The molecule has 194 valence electrons. The summed E-state index contributed by atoms with van der Waals surface area (Å²) < 4.78 is 5.21. The number of aromatic amines is 1. The highest BCUT2D eigenvalue weighted by Crippen LogP contribution is 2.19. The zero-order valence-electron chi connectivity index (χ0n) is 21.2. The fraction of sp³-hybridized carbons (Fsp3) is 0.414. The number of hydrogen-bond donors (Lipinski definition) is 2. The summed E-state index contributed by atoms with van der Waals surface area (Å²) in [6.07, 6.45) is 6.25. The molecule has 6 nitrogen and oxygen atoms in total. The van der Waals surface area contributed by atoms with Gasteiger partial charge in [-0.1, -0.05) is 48.0 Å². The van der Waals surface area contributed by atoms with Gasteiger partial charge in [0.2, 0.25) is 5.91 Å². The molecule has 1 atom stereocenters. The largest absolute Gasteiger partial charge is 0.392 e. The normalized spacial score (nSPS) is 12.2. The quantitative estimate of drug-likeness (QED) is 0.208. The summed E-state index contributed by atoms with van der Waals surface area (Å²) in [5.74, 6) is 0.0399. The molecule has 0 aliphatic carbocycles. The Labute approximate surface area is 219 Å². The Balaban J connectivity index is 1.72. The van der Waals surface area contributed by atoms with Crippen LogP contribution < -0.4 is 0 Å². The van der Waals surface area contributed by atoms with E-state index in [2.05, 4.69) is 23.7 Å². The lowest BCUT2D eigenvalue weighted by Crippen LogP contribution is -2.44. The van der Waals surface area contributed by atoms with Crippen molar-refractivity contribution < 1.29 is 14.6 Å². The molecule has 0 saturated carbocycles. The monoisotopic (exact) mass is 511 g/mol. The number of hydrogen-bond acceptors (Lipinski definition) is 4. The SMILES string of the molecule is C=CCCC(O)CN(CCCOC)CC(=O)N(CCc1c[nH]c2ccccc12)Cc1ccc(Cl)cc1. The molecular weight excluding hydrogens is 474 g/mol. The number of aliphatic hydroxyl groups is 1. The molecule has 0 bridgehead atoms. The Morgan fingerprint density at radius 1 is 1.19 bits per heavy atom. The molecule has 36 heavy (non-hydrogen) atoms. The summed E-state index contributed by atoms with van der Waals surface area (Å²) in [5.41, 5.74) is 3.32. The van der Waals surface area contributed by atoms with Gasteiger partial charge in [-0.05, 0) is 55.0 Å². The minimum Gasteiger partial charge on any atom is -0.392 e. The van der Waals surface area contributed by atoms with Crippen molar-refractivity contribution in [2.45, 2.75) is 38.3 Å². The van der Waals surface area contributed by atoms with Gasteiger partial charge in [0.25, 0.3) is 0 Å². The number of para-hydroxylation sites is 1. The lowest BCUT2D eigenvalue weighted by Gasteiger charge is -2.29. The van der Waals surface area contributed by atoms with E-state index < -0.39 is 6.10 Å². The smallest absolute Gasteiger partial charge is 0.237 e. The molecule has 3 aromatic rings. The van der Waals surface area contributed by atoms with Gasteiger partial charge in [0.1, 0.15) is 0 Å². The van der Waals surface area contributed by atoms with E-state index in [0.717, 1.165) is 30.3 Å². The molecule has 0 aliphatic heterocycles. The second kappa shape index (κ2) is 14.8. The van der Waals surface area contributed by atoms with E-state index in [4.69, 9.17) is 16.3 Å². The topological polar surface area (TPSA) is 68.8 Å². The molecular formula is C29H38ClN3O3. The number of halogens is 1. The molecule has 0 aliphatic rings. The predicted molar refractivity (Wildman–Crippen MR) is 147 cm³/mol. The van der Waals surface area contributed by atoms with Crippen LogP contribution in [0.4, 0.5) is 0 Å². The maximum atomic E-state index is 13.6. The number of aromatic nitrogens is 1. The van der Waals surface area contributed by atoms with Crippen LogP contribution in [0.2, 0.25) is 5.02 Å². The average Bonchev–Trinajstić information content (AvgIpc) is 3.29. The van der Waals surface area contributed by atoms with Gasteiger partial charge in [-0.2, -0.15) is 0 Å². The molecule has 7 heteroatoms.